The van der Waals surface area contributed by atoms with E-state index in [0.29, 0.717) is 18.8 Å². The zero-order valence-electron chi connectivity index (χ0n) is 9.18. The molecule has 1 nitrogen and oxygen atoms in total. The molecule has 0 bridgehead atoms. The van der Waals surface area contributed by atoms with Crippen LogP contribution in [0, 0.1) is 11.8 Å². The van der Waals surface area contributed by atoms with Gasteiger partial charge in [0, 0.05) is 0 Å². The maximum absolute atomic E-state index is 13.6. The van der Waals surface area contributed by atoms with Gasteiger partial charge >= 0.3 is 6.11 Å². The topological polar surface area (TPSA) is 9.23 Å². The average molecular weight is 218 g/mol. The maximum atomic E-state index is 13.6. The molecule has 0 unspecified atom stereocenters. The first kappa shape index (κ1) is 11.3. The Labute approximate surface area is 90.2 Å². The Hall–Kier alpha value is -0.180. The quantitative estimate of drug-likeness (QED) is 0.693. The summed E-state index contributed by atoms with van der Waals surface area (Å²) in [6.45, 7) is 0.267. The van der Waals surface area contributed by atoms with Crippen molar-refractivity contribution >= 4 is 0 Å². The highest BCUT2D eigenvalue weighted by Crippen LogP contribution is 2.38. The zero-order chi connectivity index (χ0) is 10.7. The van der Waals surface area contributed by atoms with Crippen LogP contribution in [0.5, 0.6) is 0 Å². The van der Waals surface area contributed by atoms with Crippen molar-refractivity contribution in [2.24, 2.45) is 11.8 Å². The molecule has 2 fully saturated rings. The fourth-order valence-corrected chi connectivity index (χ4v) is 2.44. The Kier molecular flexibility index (Phi) is 3.60. The highest BCUT2D eigenvalue weighted by Gasteiger charge is 2.41. The van der Waals surface area contributed by atoms with Crippen LogP contribution in [0.1, 0.15) is 51.4 Å². The number of halogens is 2. The second kappa shape index (κ2) is 4.77. The van der Waals surface area contributed by atoms with Gasteiger partial charge in [0.2, 0.25) is 0 Å². The van der Waals surface area contributed by atoms with Crippen molar-refractivity contribution in [3.63, 3.8) is 0 Å². The Morgan fingerprint density at radius 2 is 1.60 bits per heavy atom. The van der Waals surface area contributed by atoms with E-state index in [2.05, 4.69) is 0 Å². The standard InChI is InChI=1S/C12H20F2O/c13-12(14,11-7-2-1-3-8-11)15-9-10-5-4-6-10/h10-11H,1-9H2. The second-order valence-corrected chi connectivity index (χ2v) is 5.00. The smallest absolute Gasteiger partial charge is 0.320 e. The van der Waals surface area contributed by atoms with Crippen molar-refractivity contribution in [2.75, 3.05) is 6.61 Å². The van der Waals surface area contributed by atoms with Gasteiger partial charge in [-0.1, -0.05) is 25.7 Å². The zero-order valence-corrected chi connectivity index (χ0v) is 9.18. The number of hydrogen-bond donors (Lipinski definition) is 0. The third-order valence-electron chi connectivity index (χ3n) is 3.82. The van der Waals surface area contributed by atoms with Crippen molar-refractivity contribution in [3.05, 3.63) is 0 Å². The molecule has 2 saturated carbocycles. The van der Waals surface area contributed by atoms with Crippen LogP contribution in [0.2, 0.25) is 0 Å². The Balaban J connectivity index is 1.75. The van der Waals surface area contributed by atoms with Gasteiger partial charge in [-0.2, -0.15) is 8.78 Å². The Morgan fingerprint density at radius 1 is 0.933 bits per heavy atom. The number of ether oxygens (including phenoxy) is 1. The first-order chi connectivity index (χ1) is 7.18. The van der Waals surface area contributed by atoms with Crippen LogP contribution < -0.4 is 0 Å². The highest BCUT2D eigenvalue weighted by molar-refractivity contribution is 4.75. The minimum Gasteiger partial charge on any atom is -0.320 e. The summed E-state index contributed by atoms with van der Waals surface area (Å²) < 4.78 is 32.1. The van der Waals surface area contributed by atoms with Crippen molar-refractivity contribution in [1.29, 1.82) is 0 Å². The molecule has 0 aromatic heterocycles. The molecule has 15 heavy (non-hydrogen) atoms. The second-order valence-electron chi connectivity index (χ2n) is 5.00. The number of hydrogen-bond acceptors (Lipinski definition) is 1. The van der Waals surface area contributed by atoms with Crippen LogP contribution in [-0.2, 0) is 4.74 Å². The molecule has 2 aliphatic carbocycles. The molecule has 0 aromatic rings. The van der Waals surface area contributed by atoms with Gasteiger partial charge in [-0.25, -0.2) is 0 Å². The van der Waals surface area contributed by atoms with E-state index in [-0.39, 0.29) is 6.61 Å². The minimum absolute atomic E-state index is 0.267. The van der Waals surface area contributed by atoms with E-state index >= 15 is 0 Å². The van der Waals surface area contributed by atoms with Crippen molar-refractivity contribution < 1.29 is 13.5 Å². The predicted molar refractivity (Wildman–Crippen MR) is 54.8 cm³/mol. The summed E-state index contributed by atoms with van der Waals surface area (Å²) in [4.78, 5) is 0. The normalized spacial score (nSPS) is 25.2. The van der Waals surface area contributed by atoms with Gasteiger partial charge in [-0.3, -0.25) is 0 Å². The molecule has 0 amide bonds. The summed E-state index contributed by atoms with van der Waals surface area (Å²) in [5.41, 5.74) is 0. The molecule has 3 heteroatoms. The molecule has 2 aliphatic rings. The van der Waals surface area contributed by atoms with Gasteiger partial charge in [0.25, 0.3) is 0 Å². The molecule has 0 heterocycles. The third-order valence-corrected chi connectivity index (χ3v) is 3.82. The van der Waals surface area contributed by atoms with E-state index in [0.717, 1.165) is 32.1 Å². The van der Waals surface area contributed by atoms with Gasteiger partial charge in [0.1, 0.15) is 0 Å². The highest BCUT2D eigenvalue weighted by atomic mass is 19.3. The van der Waals surface area contributed by atoms with Crippen molar-refractivity contribution in [1.82, 2.24) is 0 Å². The molecule has 0 aromatic carbocycles. The fraction of sp³-hybridized carbons (Fsp3) is 1.00. The van der Waals surface area contributed by atoms with E-state index < -0.39 is 12.0 Å². The summed E-state index contributed by atoms with van der Waals surface area (Å²) in [6, 6.07) is 0. The van der Waals surface area contributed by atoms with Crippen LogP contribution in [0.3, 0.4) is 0 Å². The summed E-state index contributed by atoms with van der Waals surface area (Å²) in [7, 11) is 0. The summed E-state index contributed by atoms with van der Waals surface area (Å²) in [5.74, 6) is -0.120. The van der Waals surface area contributed by atoms with Gasteiger partial charge in [0.15, 0.2) is 0 Å². The lowest BCUT2D eigenvalue weighted by Crippen LogP contribution is -2.35. The third kappa shape index (κ3) is 2.90. The Bertz CT molecular complexity index is 196. The van der Waals surface area contributed by atoms with Gasteiger partial charge in [-0.05, 0) is 31.6 Å². The van der Waals surface area contributed by atoms with Crippen molar-refractivity contribution in [2.45, 2.75) is 57.5 Å². The molecule has 0 atom stereocenters. The van der Waals surface area contributed by atoms with Gasteiger partial charge < -0.3 is 4.74 Å². The fourth-order valence-electron chi connectivity index (χ4n) is 2.44. The number of alkyl halides is 2. The van der Waals surface area contributed by atoms with E-state index in [9.17, 15) is 8.78 Å². The predicted octanol–water partition coefficient (Wildman–Crippen LogP) is 3.98. The maximum Gasteiger partial charge on any atom is 0.358 e. The summed E-state index contributed by atoms with van der Waals surface area (Å²) >= 11 is 0. The molecule has 88 valence electrons. The molecular weight excluding hydrogens is 198 g/mol. The van der Waals surface area contributed by atoms with Gasteiger partial charge in [0.05, 0.1) is 12.5 Å². The van der Waals surface area contributed by atoms with Crippen LogP contribution in [0.15, 0.2) is 0 Å². The van der Waals surface area contributed by atoms with Crippen molar-refractivity contribution in [3.8, 4) is 0 Å². The van der Waals surface area contributed by atoms with E-state index in [1.54, 1.807) is 0 Å². The first-order valence-corrected chi connectivity index (χ1v) is 6.20. The van der Waals surface area contributed by atoms with E-state index in [1.165, 1.54) is 6.42 Å². The number of rotatable bonds is 4. The summed E-state index contributed by atoms with van der Waals surface area (Å²) in [6.07, 6.45) is 4.71. The SMILES string of the molecule is FC(F)(OCC1CCC1)C1CCCCC1. The molecule has 2 rings (SSSR count). The summed E-state index contributed by atoms with van der Waals surface area (Å²) in [5, 5.41) is 0. The van der Waals surface area contributed by atoms with Crippen LogP contribution in [0.4, 0.5) is 8.78 Å². The largest absolute Gasteiger partial charge is 0.358 e. The Morgan fingerprint density at radius 3 is 2.13 bits per heavy atom. The van der Waals surface area contributed by atoms with Crippen LogP contribution in [-0.4, -0.2) is 12.7 Å². The minimum atomic E-state index is -2.87. The lowest BCUT2D eigenvalue weighted by atomic mass is 9.86. The van der Waals surface area contributed by atoms with E-state index in [1.807, 2.05) is 0 Å². The molecular formula is C12H20F2O. The molecule has 0 radical (unpaired) electrons. The first-order valence-electron chi connectivity index (χ1n) is 6.20. The average Bonchev–Trinajstić information content (AvgIpc) is 2.16. The molecule has 0 saturated heterocycles. The molecule has 0 spiro atoms. The van der Waals surface area contributed by atoms with Crippen LogP contribution >= 0.6 is 0 Å². The van der Waals surface area contributed by atoms with Gasteiger partial charge in [-0.15, -0.1) is 0 Å². The lowest BCUT2D eigenvalue weighted by molar-refractivity contribution is -0.283. The lowest BCUT2D eigenvalue weighted by Gasteiger charge is -2.32. The van der Waals surface area contributed by atoms with Crippen LogP contribution in [0.25, 0.3) is 0 Å². The molecule has 0 aliphatic heterocycles. The van der Waals surface area contributed by atoms with E-state index in [4.69, 9.17) is 4.74 Å². The monoisotopic (exact) mass is 218 g/mol. The molecule has 0 N–H and O–H groups in total.